The molecule has 6 nitrogen and oxygen atoms in total. The maximum absolute atomic E-state index is 13.4. The Morgan fingerprint density at radius 3 is 2.69 bits per heavy atom. The number of fused-ring (bicyclic) bond motifs is 1. The molecule has 0 saturated carbocycles. The molecule has 0 spiro atoms. The first kappa shape index (κ1) is 23.2. The zero-order valence-electron chi connectivity index (χ0n) is 20.3. The second kappa shape index (κ2) is 10.0. The topological polar surface area (TPSA) is 71.5 Å². The molecule has 6 heteroatoms. The van der Waals surface area contributed by atoms with Gasteiger partial charge >= 0.3 is 0 Å². The van der Waals surface area contributed by atoms with Crippen LogP contribution in [0.5, 0.6) is 0 Å². The van der Waals surface area contributed by atoms with Gasteiger partial charge in [0.2, 0.25) is 5.91 Å². The molecule has 2 amide bonds. The number of carbonyl (C=O) groups is 2. The zero-order chi connectivity index (χ0) is 24.4. The van der Waals surface area contributed by atoms with Crippen molar-refractivity contribution in [1.29, 1.82) is 0 Å². The molecule has 0 radical (unpaired) electrons. The van der Waals surface area contributed by atoms with E-state index in [9.17, 15) is 9.59 Å². The Morgan fingerprint density at radius 2 is 1.91 bits per heavy atom. The average molecular weight is 470 g/mol. The van der Waals surface area contributed by atoms with E-state index < -0.39 is 0 Å². The van der Waals surface area contributed by atoms with Gasteiger partial charge in [0.15, 0.2) is 0 Å². The average Bonchev–Trinajstić information content (AvgIpc) is 3.43. The van der Waals surface area contributed by atoms with Gasteiger partial charge in [0.1, 0.15) is 6.10 Å². The molecule has 0 aliphatic carbocycles. The number of aromatic nitrogens is 1. The molecular weight excluding hydrogens is 438 g/mol. The first-order chi connectivity index (χ1) is 17.0. The monoisotopic (exact) mass is 469 g/mol. The summed E-state index contributed by atoms with van der Waals surface area (Å²) in [6.07, 6.45) is 3.98. The lowest BCUT2D eigenvalue weighted by atomic mass is 9.94. The van der Waals surface area contributed by atoms with Crippen molar-refractivity contribution in [3.8, 4) is 11.1 Å². The lowest BCUT2D eigenvalue weighted by molar-refractivity contribution is -0.130. The Kier molecular flexibility index (Phi) is 6.64. The fourth-order valence-corrected chi connectivity index (χ4v) is 5.04. The van der Waals surface area contributed by atoms with Crippen molar-refractivity contribution < 1.29 is 14.3 Å². The van der Waals surface area contributed by atoms with Crippen LogP contribution in [0, 0.1) is 13.8 Å². The second-order valence-corrected chi connectivity index (χ2v) is 9.47. The predicted octanol–water partition coefficient (Wildman–Crippen LogP) is 4.36. The first-order valence-corrected chi connectivity index (χ1v) is 12.3. The van der Waals surface area contributed by atoms with Gasteiger partial charge in [-0.05, 0) is 73.1 Å². The largest absolute Gasteiger partial charge is 0.368 e. The normalized spacial score (nSPS) is 17.2. The van der Waals surface area contributed by atoms with Gasteiger partial charge < -0.3 is 15.0 Å². The lowest BCUT2D eigenvalue weighted by Crippen LogP contribution is -2.38. The Balaban J connectivity index is 1.31. The van der Waals surface area contributed by atoms with Gasteiger partial charge in [-0.2, -0.15) is 0 Å². The van der Waals surface area contributed by atoms with Gasteiger partial charge in [-0.25, -0.2) is 0 Å². The fraction of sp³-hybridized carbons (Fsp3) is 0.345. The summed E-state index contributed by atoms with van der Waals surface area (Å²) in [5.41, 5.74) is 8.25. The molecule has 35 heavy (non-hydrogen) atoms. The van der Waals surface area contributed by atoms with E-state index in [2.05, 4.69) is 35.4 Å². The number of hydrogen-bond donors (Lipinski definition) is 1. The number of amides is 2. The van der Waals surface area contributed by atoms with Crippen LogP contribution in [0.15, 0.2) is 54.7 Å². The van der Waals surface area contributed by atoms with Crippen molar-refractivity contribution in [2.24, 2.45) is 0 Å². The van der Waals surface area contributed by atoms with Crippen LogP contribution in [-0.4, -0.2) is 41.0 Å². The SMILES string of the molecule is Cc1cccc(-c2cccc(C(=O)N3CCc4c(cnc(C)c4CNC(=O)C4CCCO4)C3)c2)c1. The van der Waals surface area contributed by atoms with E-state index in [1.54, 1.807) is 0 Å². The zero-order valence-corrected chi connectivity index (χ0v) is 20.3. The van der Waals surface area contributed by atoms with Crippen LogP contribution in [0.3, 0.4) is 0 Å². The van der Waals surface area contributed by atoms with E-state index >= 15 is 0 Å². The van der Waals surface area contributed by atoms with Gasteiger partial charge in [-0.3, -0.25) is 14.6 Å². The van der Waals surface area contributed by atoms with E-state index in [0.29, 0.717) is 31.8 Å². The number of pyridine rings is 1. The Morgan fingerprint density at radius 1 is 1.11 bits per heavy atom. The van der Waals surface area contributed by atoms with Gasteiger partial charge in [-0.1, -0.05) is 42.0 Å². The Labute approximate surface area is 206 Å². The number of rotatable bonds is 5. The van der Waals surface area contributed by atoms with E-state index in [0.717, 1.165) is 47.2 Å². The van der Waals surface area contributed by atoms with E-state index in [1.807, 2.05) is 48.4 Å². The molecule has 2 aromatic carbocycles. The van der Waals surface area contributed by atoms with Gasteiger partial charge in [0, 0.05) is 43.7 Å². The molecule has 1 fully saturated rings. The molecule has 3 aromatic rings. The highest BCUT2D eigenvalue weighted by Gasteiger charge is 2.27. The van der Waals surface area contributed by atoms with Gasteiger partial charge in [0.25, 0.3) is 5.91 Å². The molecule has 180 valence electrons. The third-order valence-corrected chi connectivity index (χ3v) is 7.01. The van der Waals surface area contributed by atoms with Crippen molar-refractivity contribution in [3.05, 3.63) is 88.2 Å². The molecule has 1 aromatic heterocycles. The van der Waals surface area contributed by atoms with E-state index in [4.69, 9.17) is 4.74 Å². The summed E-state index contributed by atoms with van der Waals surface area (Å²) in [6, 6.07) is 16.2. The summed E-state index contributed by atoms with van der Waals surface area (Å²) in [5.74, 6) is -0.0282. The maximum atomic E-state index is 13.4. The van der Waals surface area contributed by atoms with Gasteiger partial charge in [-0.15, -0.1) is 0 Å². The standard InChI is InChI=1S/C29H31N3O3/c1-19-6-3-7-21(14-19)22-8-4-9-23(15-22)29(34)32-12-11-25-24(18-32)16-30-20(2)26(25)17-31-28(33)27-10-5-13-35-27/h3-4,6-9,14-16,27H,5,10-13,17-18H2,1-2H3,(H,31,33). The number of benzene rings is 2. The summed E-state index contributed by atoms with van der Waals surface area (Å²) in [4.78, 5) is 32.3. The van der Waals surface area contributed by atoms with Crippen molar-refractivity contribution in [2.45, 2.75) is 52.3 Å². The molecule has 0 bridgehead atoms. The quantitative estimate of drug-likeness (QED) is 0.603. The van der Waals surface area contributed by atoms with Crippen LogP contribution < -0.4 is 5.32 Å². The third-order valence-electron chi connectivity index (χ3n) is 7.01. The van der Waals surface area contributed by atoms with Crippen LogP contribution >= 0.6 is 0 Å². The van der Waals surface area contributed by atoms with E-state index in [-0.39, 0.29) is 17.9 Å². The number of nitrogens with one attached hydrogen (secondary N) is 1. The number of nitrogens with zero attached hydrogens (tertiary/aromatic N) is 2. The van der Waals surface area contributed by atoms with Crippen LogP contribution in [0.25, 0.3) is 11.1 Å². The smallest absolute Gasteiger partial charge is 0.254 e. The Hall–Kier alpha value is -3.51. The minimum Gasteiger partial charge on any atom is -0.368 e. The van der Waals surface area contributed by atoms with Crippen LogP contribution in [-0.2, 0) is 29.0 Å². The number of ether oxygens (including phenoxy) is 1. The molecule has 3 heterocycles. The predicted molar refractivity (Wildman–Crippen MR) is 135 cm³/mol. The number of aryl methyl sites for hydroxylation is 2. The summed E-state index contributed by atoms with van der Waals surface area (Å²) >= 11 is 0. The minimum atomic E-state index is -0.341. The second-order valence-electron chi connectivity index (χ2n) is 9.47. The van der Waals surface area contributed by atoms with Crippen LogP contribution in [0.1, 0.15) is 51.1 Å². The van der Waals surface area contributed by atoms with Crippen molar-refractivity contribution in [2.75, 3.05) is 13.2 Å². The fourth-order valence-electron chi connectivity index (χ4n) is 5.04. The summed E-state index contributed by atoms with van der Waals surface area (Å²) in [5, 5.41) is 3.03. The lowest BCUT2D eigenvalue weighted by Gasteiger charge is -2.31. The Bertz CT molecular complexity index is 1260. The van der Waals surface area contributed by atoms with Crippen LogP contribution in [0.2, 0.25) is 0 Å². The number of hydrogen-bond acceptors (Lipinski definition) is 4. The molecule has 1 saturated heterocycles. The van der Waals surface area contributed by atoms with Crippen molar-refractivity contribution in [1.82, 2.24) is 15.2 Å². The highest BCUT2D eigenvalue weighted by atomic mass is 16.5. The molecular formula is C29H31N3O3. The summed E-state index contributed by atoms with van der Waals surface area (Å²) in [6.45, 7) is 6.29. The third kappa shape index (κ3) is 4.98. The molecule has 1 unspecified atom stereocenters. The molecule has 1 N–H and O–H groups in total. The van der Waals surface area contributed by atoms with Crippen molar-refractivity contribution in [3.63, 3.8) is 0 Å². The number of carbonyl (C=O) groups excluding carboxylic acids is 2. The minimum absolute atomic E-state index is 0.0268. The van der Waals surface area contributed by atoms with Gasteiger partial charge in [0.05, 0.1) is 0 Å². The first-order valence-electron chi connectivity index (χ1n) is 12.3. The molecule has 2 aliphatic heterocycles. The van der Waals surface area contributed by atoms with E-state index in [1.165, 1.54) is 11.1 Å². The maximum Gasteiger partial charge on any atom is 0.254 e. The van der Waals surface area contributed by atoms with Crippen molar-refractivity contribution >= 4 is 11.8 Å². The molecule has 1 atom stereocenters. The molecule has 5 rings (SSSR count). The summed E-state index contributed by atoms with van der Waals surface area (Å²) in [7, 11) is 0. The molecule has 2 aliphatic rings. The summed E-state index contributed by atoms with van der Waals surface area (Å²) < 4.78 is 5.50. The highest BCUT2D eigenvalue weighted by molar-refractivity contribution is 5.95. The highest BCUT2D eigenvalue weighted by Crippen LogP contribution is 2.27. The van der Waals surface area contributed by atoms with Crippen LogP contribution in [0.4, 0.5) is 0 Å².